The van der Waals surface area contributed by atoms with E-state index in [-0.39, 0.29) is 99.9 Å². The van der Waals surface area contributed by atoms with E-state index in [0.717, 1.165) is 51.7 Å². The average molecular weight is 1130 g/mol. The van der Waals surface area contributed by atoms with E-state index in [1.54, 1.807) is 21.3 Å². The van der Waals surface area contributed by atoms with Crippen LogP contribution in [0.15, 0.2) is 59.2 Å². The maximum absolute atomic E-state index is 12.4. The molecule has 9 fully saturated rings. The van der Waals surface area contributed by atoms with Gasteiger partial charge in [0.05, 0.1) is 75.0 Å². The number of ether oxygens (including phenoxy) is 15. The molecule has 3 saturated carbocycles. The van der Waals surface area contributed by atoms with E-state index in [1.165, 1.54) is 55.2 Å². The van der Waals surface area contributed by atoms with Crippen molar-refractivity contribution in [3.63, 3.8) is 0 Å². The molecule has 0 radical (unpaired) electrons. The number of nitro groups is 1. The fourth-order valence-corrected chi connectivity index (χ4v) is 13.4. The number of nitro benzene ring substituents is 1. The summed E-state index contributed by atoms with van der Waals surface area (Å²) in [6, 6.07) is 5.25. The molecular weight excluding hydrogens is 1040 g/mol. The van der Waals surface area contributed by atoms with Crippen LogP contribution in [-0.4, -0.2) is 167 Å². The maximum atomic E-state index is 12.4. The highest BCUT2D eigenvalue weighted by molar-refractivity contribution is 5.64. The van der Waals surface area contributed by atoms with Crippen molar-refractivity contribution in [2.45, 2.75) is 209 Å². The Labute approximate surface area is 470 Å². The fourth-order valence-electron chi connectivity index (χ4n) is 13.4. The summed E-state index contributed by atoms with van der Waals surface area (Å²) in [5.74, 6) is 0.160. The summed E-state index contributed by atoms with van der Waals surface area (Å²) in [5.41, 5.74) is 1.94. The normalized spacial score (nSPS) is 40.0. The molecule has 3 aliphatic carbocycles. The molecule has 6 saturated heterocycles. The molecule has 1 aromatic rings. The number of rotatable bonds is 17. The fraction of sp³-hybridized carbons (Fsp3) is 0.746. The third kappa shape index (κ3) is 13.2. The van der Waals surface area contributed by atoms with Gasteiger partial charge in [-0.2, -0.15) is 0 Å². The summed E-state index contributed by atoms with van der Waals surface area (Å²) in [5, 5.41) is 10.8. The van der Waals surface area contributed by atoms with Gasteiger partial charge in [-0.25, -0.2) is 14.4 Å². The first-order chi connectivity index (χ1) is 37.9. The SMILES string of the molecule is COC(=O)O[C@@H]1CC[C@]2(CO2)[C@@H]([C@@]2(C)O[C@@H]2CC=C(C)C)[C@@H]1OC.COC(=O)O[C@@H]1CC[C@]2(CO2)[C@@H]([C@@]2(C)O[C@@H]2CC=C(C)C)[C@@H]1OC.CO[C@@H]1[C@H](OC(=O)Oc2ccc([N+](=O)[O-])cc2)CC[C@]2(CO2)[C@H]1[C@@]1(C)O[C@@H]1CC=C(C)C. The molecule has 1 aromatic carbocycles. The van der Waals surface area contributed by atoms with Crippen LogP contribution in [0.2, 0.25) is 0 Å². The number of benzene rings is 1. The van der Waals surface area contributed by atoms with Gasteiger partial charge in [-0.3, -0.25) is 10.1 Å². The van der Waals surface area contributed by atoms with Crippen molar-refractivity contribution in [1.29, 1.82) is 0 Å². The number of methoxy groups -OCH3 is 5. The molecule has 80 heavy (non-hydrogen) atoms. The zero-order chi connectivity index (χ0) is 58.2. The summed E-state index contributed by atoms with van der Waals surface area (Å²) < 4.78 is 84.4. The highest BCUT2D eigenvalue weighted by Gasteiger charge is 2.75. The Hall–Kier alpha value is -4.71. The molecule has 0 amide bonds. The Bertz CT molecular complexity index is 2380. The lowest BCUT2D eigenvalue weighted by Crippen LogP contribution is -2.55. The highest BCUT2D eigenvalue weighted by atomic mass is 16.7. The molecule has 3 spiro atoms. The number of carbonyl (C=O) groups excluding carboxylic acids is 3. The minimum Gasteiger partial charge on any atom is -0.438 e. The standard InChI is InChI=1S/C23H29NO8.2C18H28O6/c1-14(2)5-10-18-22(3,32-18)20-19(28-4)17(11-12-23(20)13-29-23)31-21(25)30-16-8-6-15(7-9-16)24(26)27;2*1-11(2)6-7-13-17(3,24-13)15-14(20-4)12(23-16(19)21-5)8-9-18(15)10-22-18/h5-9,17-20H,10-13H2,1-4H3;2*6,12-15H,7-10H2,1-5H3/t17-,18-,19-,20-,22+,23+;2*12-,13-,14-,15-,17+,18+/m111/s1. The molecule has 0 N–H and O–H groups in total. The second-order valence-corrected chi connectivity index (χ2v) is 24.1. The second kappa shape index (κ2) is 24.2. The third-order valence-electron chi connectivity index (χ3n) is 18.0. The monoisotopic (exact) mass is 1130 g/mol. The smallest absolute Gasteiger partial charge is 0.438 e. The van der Waals surface area contributed by atoms with Gasteiger partial charge in [-0.1, -0.05) is 34.9 Å². The summed E-state index contributed by atoms with van der Waals surface area (Å²) in [6.45, 7) is 20.9. The summed E-state index contributed by atoms with van der Waals surface area (Å²) in [6.07, 6.45) is 9.56. The second-order valence-electron chi connectivity index (χ2n) is 24.1. The first kappa shape index (κ1) is 61.4. The van der Waals surface area contributed by atoms with Crippen molar-refractivity contribution in [3.8, 4) is 5.75 Å². The molecule has 10 rings (SSSR count). The van der Waals surface area contributed by atoms with E-state index in [1.807, 2.05) is 0 Å². The predicted molar refractivity (Wildman–Crippen MR) is 287 cm³/mol. The van der Waals surface area contributed by atoms with Crippen molar-refractivity contribution in [3.05, 3.63) is 69.3 Å². The van der Waals surface area contributed by atoms with Crippen LogP contribution in [0.25, 0.3) is 0 Å². The largest absolute Gasteiger partial charge is 0.514 e. The lowest BCUT2D eigenvalue weighted by Gasteiger charge is -2.42. The number of allylic oxidation sites excluding steroid dienone is 3. The molecular formula is C59H85NO20. The number of carbonyl (C=O) groups is 3. The Morgan fingerprint density at radius 3 is 1.09 bits per heavy atom. The number of non-ortho nitro benzene ring substituents is 1. The van der Waals surface area contributed by atoms with E-state index in [4.69, 9.17) is 61.6 Å². The number of hydrogen-bond donors (Lipinski definition) is 0. The lowest BCUT2D eigenvalue weighted by molar-refractivity contribution is -0.384. The van der Waals surface area contributed by atoms with Gasteiger partial charge in [0, 0.05) is 33.5 Å². The minimum atomic E-state index is -0.875. The lowest BCUT2D eigenvalue weighted by atomic mass is 9.68. The molecule has 0 bridgehead atoms. The van der Waals surface area contributed by atoms with E-state index >= 15 is 0 Å². The molecule has 6 aliphatic heterocycles. The van der Waals surface area contributed by atoms with Crippen molar-refractivity contribution >= 4 is 24.2 Å². The van der Waals surface area contributed by atoms with Crippen LogP contribution in [0.5, 0.6) is 5.75 Å². The van der Waals surface area contributed by atoms with Crippen LogP contribution < -0.4 is 4.74 Å². The molecule has 0 unspecified atom stereocenters. The molecule has 21 nitrogen and oxygen atoms in total. The van der Waals surface area contributed by atoms with Crippen LogP contribution in [0, 0.1) is 27.9 Å². The van der Waals surface area contributed by atoms with E-state index in [9.17, 15) is 24.5 Å². The number of nitrogens with zero attached hydrogens (tertiary/aromatic N) is 1. The van der Waals surface area contributed by atoms with Crippen molar-refractivity contribution in [1.82, 2.24) is 0 Å². The molecule has 18 atom stereocenters. The van der Waals surface area contributed by atoms with Gasteiger partial charge >= 0.3 is 18.5 Å². The van der Waals surface area contributed by atoms with E-state index in [2.05, 4.69) is 90.0 Å². The summed E-state index contributed by atoms with van der Waals surface area (Å²) in [7, 11) is 7.55. The summed E-state index contributed by atoms with van der Waals surface area (Å²) >= 11 is 0. The Morgan fingerprint density at radius 2 is 0.838 bits per heavy atom. The molecule has 21 heteroatoms. The van der Waals surface area contributed by atoms with E-state index < -0.39 is 41.2 Å². The van der Waals surface area contributed by atoms with Gasteiger partial charge in [0.1, 0.15) is 76.0 Å². The summed E-state index contributed by atoms with van der Waals surface area (Å²) in [4.78, 5) is 45.8. The van der Waals surface area contributed by atoms with E-state index in [0.29, 0.717) is 25.9 Å². The Morgan fingerprint density at radius 1 is 0.537 bits per heavy atom. The molecule has 9 aliphatic rings. The van der Waals surface area contributed by atoms with Crippen LogP contribution in [0.3, 0.4) is 0 Å². The van der Waals surface area contributed by atoms with Gasteiger partial charge in [0.25, 0.3) is 5.69 Å². The topological polar surface area (TPSA) is 253 Å². The Kier molecular flexibility index (Phi) is 18.6. The van der Waals surface area contributed by atoms with Crippen LogP contribution >= 0.6 is 0 Å². The zero-order valence-corrected chi connectivity index (χ0v) is 49.1. The number of epoxide rings is 6. The van der Waals surface area contributed by atoms with Crippen molar-refractivity contribution in [2.24, 2.45) is 17.8 Å². The molecule has 0 aromatic heterocycles. The van der Waals surface area contributed by atoms with Gasteiger partial charge in [0.2, 0.25) is 0 Å². The van der Waals surface area contributed by atoms with Crippen LogP contribution in [-0.2, 0) is 66.3 Å². The Balaban J connectivity index is 0.000000160. The molecule has 6 heterocycles. The van der Waals surface area contributed by atoms with Crippen LogP contribution in [0.4, 0.5) is 20.1 Å². The first-order valence-electron chi connectivity index (χ1n) is 28.0. The van der Waals surface area contributed by atoms with Gasteiger partial charge in [-0.15, -0.1) is 0 Å². The maximum Gasteiger partial charge on any atom is 0.514 e. The van der Waals surface area contributed by atoms with Crippen LogP contribution in [0.1, 0.15) is 120 Å². The number of hydrogen-bond acceptors (Lipinski definition) is 20. The zero-order valence-electron chi connectivity index (χ0n) is 49.1. The average Bonchev–Trinajstić information content (AvgIpc) is 4.23. The minimum absolute atomic E-state index is 0.0361. The predicted octanol–water partition coefficient (Wildman–Crippen LogP) is 9.88. The van der Waals surface area contributed by atoms with Crippen molar-refractivity contribution in [2.75, 3.05) is 55.4 Å². The van der Waals surface area contributed by atoms with Crippen molar-refractivity contribution < 1.29 is 90.4 Å². The highest BCUT2D eigenvalue weighted by Crippen LogP contribution is 2.62. The quantitative estimate of drug-likeness (QED) is 0.0267. The first-order valence-corrected chi connectivity index (χ1v) is 28.0. The molecule has 446 valence electrons. The third-order valence-corrected chi connectivity index (χ3v) is 18.0. The van der Waals surface area contributed by atoms with Gasteiger partial charge < -0.3 is 71.1 Å². The van der Waals surface area contributed by atoms with Gasteiger partial charge in [-0.05, 0) is 132 Å². The van der Waals surface area contributed by atoms with Gasteiger partial charge in [0.15, 0.2) is 0 Å².